The Labute approximate surface area is 264 Å². The summed E-state index contributed by atoms with van der Waals surface area (Å²) in [5.41, 5.74) is 8.45. The maximum atomic E-state index is 6.95. The Kier molecular flexibility index (Phi) is 5.31. The standard InChI is InChI=1S/C44H26O2/c1-2-15-28-27(13-1)14-11-22-29(28)43-35-21-8-10-25-38(35)46-44(43)42-32-18-5-3-16-30(32)40(31-17-4-6-19-33(31)42)36-23-12-26-39-41(36)34-20-7-9-24-37(34)45-39/h1-26H. The van der Waals surface area contributed by atoms with Gasteiger partial charge in [0.2, 0.25) is 0 Å². The molecule has 0 aliphatic carbocycles. The third-order valence-electron chi connectivity index (χ3n) is 9.48. The van der Waals surface area contributed by atoms with E-state index in [1.807, 2.05) is 6.07 Å². The van der Waals surface area contributed by atoms with Crippen LogP contribution < -0.4 is 0 Å². The van der Waals surface area contributed by atoms with Gasteiger partial charge < -0.3 is 8.83 Å². The van der Waals surface area contributed by atoms with Crippen molar-refractivity contribution in [3.05, 3.63) is 158 Å². The molecule has 0 atom stereocenters. The Morgan fingerprint density at radius 2 is 0.761 bits per heavy atom. The first-order valence-corrected chi connectivity index (χ1v) is 15.7. The third-order valence-corrected chi connectivity index (χ3v) is 9.48. The van der Waals surface area contributed by atoms with E-state index in [1.54, 1.807) is 0 Å². The summed E-state index contributed by atoms with van der Waals surface area (Å²) in [4.78, 5) is 0. The van der Waals surface area contributed by atoms with Crippen LogP contribution in [0.1, 0.15) is 0 Å². The molecule has 0 aliphatic rings. The van der Waals surface area contributed by atoms with Crippen LogP contribution in [0.25, 0.3) is 98.8 Å². The van der Waals surface area contributed by atoms with Gasteiger partial charge in [-0.1, -0.05) is 140 Å². The van der Waals surface area contributed by atoms with E-state index >= 15 is 0 Å². The molecule has 0 saturated carbocycles. The van der Waals surface area contributed by atoms with Gasteiger partial charge >= 0.3 is 0 Å². The van der Waals surface area contributed by atoms with Crippen LogP contribution in [-0.2, 0) is 0 Å². The average Bonchev–Trinajstić information content (AvgIpc) is 3.69. The zero-order chi connectivity index (χ0) is 30.2. The molecule has 0 saturated heterocycles. The minimum atomic E-state index is 0.882. The molecule has 2 aromatic heterocycles. The maximum Gasteiger partial charge on any atom is 0.144 e. The van der Waals surface area contributed by atoms with Gasteiger partial charge in [0.1, 0.15) is 22.5 Å². The lowest BCUT2D eigenvalue weighted by Gasteiger charge is -2.18. The largest absolute Gasteiger partial charge is 0.456 e. The fraction of sp³-hybridized carbons (Fsp3) is 0. The Morgan fingerprint density at radius 1 is 0.283 bits per heavy atom. The summed E-state index contributed by atoms with van der Waals surface area (Å²) in [6, 6.07) is 55.9. The molecule has 2 heteroatoms. The van der Waals surface area contributed by atoms with Crippen LogP contribution in [0, 0.1) is 0 Å². The average molecular weight is 587 g/mol. The lowest BCUT2D eigenvalue weighted by atomic mass is 9.84. The second-order valence-corrected chi connectivity index (χ2v) is 11.9. The molecule has 214 valence electrons. The smallest absolute Gasteiger partial charge is 0.144 e. The summed E-state index contributed by atoms with van der Waals surface area (Å²) in [5, 5.41) is 10.5. The van der Waals surface area contributed by atoms with Gasteiger partial charge in [-0.15, -0.1) is 0 Å². The van der Waals surface area contributed by atoms with Crippen LogP contribution >= 0.6 is 0 Å². The van der Waals surface area contributed by atoms with Crippen LogP contribution in [-0.4, -0.2) is 0 Å². The molecule has 46 heavy (non-hydrogen) atoms. The maximum absolute atomic E-state index is 6.95. The zero-order valence-electron chi connectivity index (χ0n) is 24.8. The Morgan fingerprint density at radius 3 is 1.48 bits per heavy atom. The number of benzene rings is 8. The Balaban J connectivity index is 1.38. The van der Waals surface area contributed by atoms with Gasteiger partial charge in [0.25, 0.3) is 0 Å². The molecule has 8 aromatic carbocycles. The highest BCUT2D eigenvalue weighted by Crippen LogP contribution is 2.51. The van der Waals surface area contributed by atoms with Crippen LogP contribution in [0.5, 0.6) is 0 Å². The lowest BCUT2D eigenvalue weighted by Crippen LogP contribution is -1.92. The Bertz CT molecular complexity index is 2750. The number of fused-ring (bicyclic) bond motifs is 7. The van der Waals surface area contributed by atoms with Gasteiger partial charge in [0.05, 0.1) is 0 Å². The zero-order valence-corrected chi connectivity index (χ0v) is 24.8. The first-order valence-electron chi connectivity index (χ1n) is 15.7. The van der Waals surface area contributed by atoms with E-state index in [9.17, 15) is 0 Å². The van der Waals surface area contributed by atoms with Gasteiger partial charge in [0.15, 0.2) is 0 Å². The van der Waals surface area contributed by atoms with Crippen LogP contribution in [0.15, 0.2) is 167 Å². The third kappa shape index (κ3) is 3.53. The topological polar surface area (TPSA) is 26.3 Å². The molecule has 10 aromatic rings. The highest BCUT2D eigenvalue weighted by Gasteiger charge is 2.25. The van der Waals surface area contributed by atoms with Crippen molar-refractivity contribution in [1.82, 2.24) is 0 Å². The van der Waals surface area contributed by atoms with Crippen molar-refractivity contribution in [3.63, 3.8) is 0 Å². The number of furan rings is 2. The van der Waals surface area contributed by atoms with E-state index < -0.39 is 0 Å². The fourth-order valence-corrected chi connectivity index (χ4v) is 7.58. The van der Waals surface area contributed by atoms with Gasteiger partial charge in [-0.25, -0.2) is 0 Å². The highest BCUT2D eigenvalue weighted by atomic mass is 16.3. The summed E-state index contributed by atoms with van der Waals surface area (Å²) in [6.45, 7) is 0. The van der Waals surface area contributed by atoms with Crippen molar-refractivity contribution in [2.24, 2.45) is 0 Å². The molecule has 0 bridgehead atoms. The molecule has 2 nitrogen and oxygen atoms in total. The molecule has 10 rings (SSSR count). The summed E-state index contributed by atoms with van der Waals surface area (Å²) in [5.74, 6) is 0.892. The van der Waals surface area contributed by atoms with Crippen molar-refractivity contribution in [1.29, 1.82) is 0 Å². The number of hydrogen-bond acceptors (Lipinski definition) is 2. The molecule has 2 heterocycles. The van der Waals surface area contributed by atoms with E-state index in [-0.39, 0.29) is 0 Å². The molecule has 0 N–H and O–H groups in total. The number of para-hydroxylation sites is 2. The SMILES string of the molecule is c1ccc2c(-c3c(-c4c5ccccc5c(-c5cccc6oc7ccccc7c56)c5ccccc45)oc4ccccc34)cccc2c1. The summed E-state index contributed by atoms with van der Waals surface area (Å²) in [7, 11) is 0. The normalized spacial score (nSPS) is 11.9. The molecule has 0 radical (unpaired) electrons. The molecule has 0 aliphatic heterocycles. The van der Waals surface area contributed by atoms with Crippen molar-refractivity contribution in [2.75, 3.05) is 0 Å². The molecule has 0 spiro atoms. The van der Waals surface area contributed by atoms with E-state index in [4.69, 9.17) is 8.83 Å². The fourth-order valence-electron chi connectivity index (χ4n) is 7.58. The van der Waals surface area contributed by atoms with E-state index in [0.29, 0.717) is 0 Å². The van der Waals surface area contributed by atoms with Gasteiger partial charge in [-0.3, -0.25) is 0 Å². The van der Waals surface area contributed by atoms with Gasteiger partial charge in [0, 0.05) is 27.3 Å². The highest BCUT2D eigenvalue weighted by molar-refractivity contribution is 6.27. The minimum absolute atomic E-state index is 0.882. The first kappa shape index (κ1) is 25.2. The Hall–Kier alpha value is -6.12. The predicted octanol–water partition coefficient (Wildman–Crippen LogP) is 12.8. The van der Waals surface area contributed by atoms with Crippen molar-refractivity contribution < 1.29 is 8.83 Å². The van der Waals surface area contributed by atoms with Crippen molar-refractivity contribution in [3.8, 4) is 33.6 Å². The van der Waals surface area contributed by atoms with Gasteiger partial charge in [-0.05, 0) is 67.2 Å². The minimum Gasteiger partial charge on any atom is -0.456 e. The monoisotopic (exact) mass is 586 g/mol. The van der Waals surface area contributed by atoms with E-state index in [1.165, 1.54) is 38.2 Å². The van der Waals surface area contributed by atoms with Crippen molar-refractivity contribution in [2.45, 2.75) is 0 Å². The first-order chi connectivity index (χ1) is 22.8. The molecular weight excluding hydrogens is 560 g/mol. The molecule has 0 fully saturated rings. The van der Waals surface area contributed by atoms with Crippen molar-refractivity contribution >= 4 is 65.2 Å². The second-order valence-electron chi connectivity index (χ2n) is 11.9. The second kappa shape index (κ2) is 9.69. The van der Waals surface area contributed by atoms with Crippen LogP contribution in [0.3, 0.4) is 0 Å². The van der Waals surface area contributed by atoms with Crippen LogP contribution in [0.4, 0.5) is 0 Å². The number of hydrogen-bond donors (Lipinski definition) is 0. The number of rotatable bonds is 3. The summed E-state index contributed by atoms with van der Waals surface area (Å²) >= 11 is 0. The summed E-state index contributed by atoms with van der Waals surface area (Å²) < 4.78 is 13.3. The van der Waals surface area contributed by atoms with E-state index in [0.717, 1.165) is 60.6 Å². The molecule has 0 unspecified atom stereocenters. The lowest BCUT2D eigenvalue weighted by molar-refractivity contribution is 0.634. The van der Waals surface area contributed by atoms with Crippen LogP contribution in [0.2, 0.25) is 0 Å². The molecule has 0 amide bonds. The van der Waals surface area contributed by atoms with E-state index in [2.05, 4.69) is 152 Å². The van der Waals surface area contributed by atoms with Gasteiger partial charge in [-0.2, -0.15) is 0 Å². The molecular formula is C44H26O2. The quantitative estimate of drug-likeness (QED) is 0.193. The predicted molar refractivity (Wildman–Crippen MR) is 192 cm³/mol. The summed E-state index contributed by atoms with van der Waals surface area (Å²) in [6.07, 6.45) is 0.